The molecule has 1 aromatic heterocycles. The van der Waals surface area contributed by atoms with Crippen LogP contribution in [0.2, 0.25) is 0 Å². The molecule has 0 amide bonds. The van der Waals surface area contributed by atoms with Gasteiger partial charge in [0.2, 0.25) is 10.0 Å². The van der Waals surface area contributed by atoms with Crippen molar-refractivity contribution in [2.45, 2.75) is 24.8 Å². The SMILES string of the molecule is Cc1cnc(CN2CCCN(S(=O)(=O)c3ccc(F)cc3)CC2)s1. The minimum atomic E-state index is -3.57. The summed E-state index contributed by atoms with van der Waals surface area (Å²) in [6, 6.07) is 5.01. The third-order valence-electron chi connectivity index (χ3n) is 4.03. The maximum absolute atomic E-state index is 13.0. The van der Waals surface area contributed by atoms with E-state index in [0.717, 1.165) is 24.5 Å². The molecule has 0 spiro atoms. The Hall–Kier alpha value is -1.35. The summed E-state index contributed by atoms with van der Waals surface area (Å²) in [4.78, 5) is 7.94. The Bertz CT molecular complexity index is 790. The molecule has 2 aromatic rings. The lowest BCUT2D eigenvalue weighted by molar-refractivity contribution is 0.278. The van der Waals surface area contributed by atoms with Gasteiger partial charge in [0.1, 0.15) is 10.8 Å². The van der Waals surface area contributed by atoms with Gasteiger partial charge in [0.05, 0.1) is 11.4 Å². The molecule has 0 unspecified atom stereocenters. The summed E-state index contributed by atoms with van der Waals surface area (Å²) in [6.45, 7) is 5.20. The highest BCUT2D eigenvalue weighted by Gasteiger charge is 2.27. The zero-order chi connectivity index (χ0) is 17.2. The van der Waals surface area contributed by atoms with Gasteiger partial charge in [0.25, 0.3) is 0 Å². The molecule has 3 rings (SSSR count). The smallest absolute Gasteiger partial charge is 0.243 e. The molecule has 0 radical (unpaired) electrons. The molecule has 5 nitrogen and oxygen atoms in total. The van der Waals surface area contributed by atoms with E-state index in [1.807, 2.05) is 13.1 Å². The van der Waals surface area contributed by atoms with Crippen LogP contribution in [0.15, 0.2) is 35.4 Å². The van der Waals surface area contributed by atoms with Crippen molar-refractivity contribution in [1.29, 1.82) is 0 Å². The lowest BCUT2D eigenvalue weighted by atomic mass is 10.4. The molecule has 8 heteroatoms. The molecular weight excluding hydrogens is 349 g/mol. The Kier molecular flexibility index (Phi) is 5.29. The number of thiazole rings is 1. The van der Waals surface area contributed by atoms with Gasteiger partial charge in [-0.2, -0.15) is 4.31 Å². The third-order valence-corrected chi connectivity index (χ3v) is 6.84. The summed E-state index contributed by atoms with van der Waals surface area (Å²) in [5.74, 6) is -0.435. The number of benzene rings is 1. The van der Waals surface area contributed by atoms with Crippen molar-refractivity contribution < 1.29 is 12.8 Å². The van der Waals surface area contributed by atoms with Gasteiger partial charge in [-0.05, 0) is 44.2 Å². The molecule has 1 aromatic carbocycles. The molecule has 2 heterocycles. The number of aryl methyl sites for hydroxylation is 1. The fourth-order valence-corrected chi connectivity index (χ4v) is 5.07. The third kappa shape index (κ3) is 4.00. The van der Waals surface area contributed by atoms with Crippen LogP contribution in [0, 0.1) is 12.7 Å². The number of halogens is 1. The predicted molar refractivity (Wildman–Crippen MR) is 91.9 cm³/mol. The van der Waals surface area contributed by atoms with Gasteiger partial charge in [-0.15, -0.1) is 11.3 Å². The molecular formula is C16H20FN3O2S2. The first-order valence-corrected chi connectivity index (χ1v) is 10.1. The molecule has 1 fully saturated rings. The summed E-state index contributed by atoms with van der Waals surface area (Å²) >= 11 is 1.67. The van der Waals surface area contributed by atoms with Crippen LogP contribution in [0.3, 0.4) is 0 Å². The van der Waals surface area contributed by atoms with E-state index >= 15 is 0 Å². The van der Waals surface area contributed by atoms with Gasteiger partial charge in [-0.25, -0.2) is 17.8 Å². The van der Waals surface area contributed by atoms with Crippen LogP contribution in [0.5, 0.6) is 0 Å². The second-order valence-electron chi connectivity index (χ2n) is 5.85. The van der Waals surface area contributed by atoms with E-state index in [0.29, 0.717) is 19.6 Å². The summed E-state index contributed by atoms with van der Waals surface area (Å²) in [6.07, 6.45) is 2.63. The van der Waals surface area contributed by atoms with Gasteiger partial charge in [0, 0.05) is 30.7 Å². The van der Waals surface area contributed by atoms with E-state index in [9.17, 15) is 12.8 Å². The van der Waals surface area contributed by atoms with Gasteiger partial charge < -0.3 is 0 Å². The van der Waals surface area contributed by atoms with Crippen molar-refractivity contribution in [2.24, 2.45) is 0 Å². The summed E-state index contributed by atoms with van der Waals surface area (Å²) in [5, 5.41) is 1.06. The lowest BCUT2D eigenvalue weighted by Crippen LogP contribution is -2.35. The molecule has 0 bridgehead atoms. The maximum atomic E-state index is 13.0. The second-order valence-corrected chi connectivity index (χ2v) is 9.11. The van der Waals surface area contributed by atoms with Crippen LogP contribution in [-0.2, 0) is 16.6 Å². The van der Waals surface area contributed by atoms with E-state index in [2.05, 4.69) is 9.88 Å². The number of sulfonamides is 1. The highest BCUT2D eigenvalue weighted by atomic mass is 32.2. The number of hydrogen-bond acceptors (Lipinski definition) is 5. The van der Waals surface area contributed by atoms with Crippen molar-refractivity contribution in [1.82, 2.24) is 14.2 Å². The largest absolute Gasteiger partial charge is 0.295 e. The van der Waals surface area contributed by atoms with Gasteiger partial charge in [-0.1, -0.05) is 0 Å². The molecule has 24 heavy (non-hydrogen) atoms. The van der Waals surface area contributed by atoms with Gasteiger partial charge in [-0.3, -0.25) is 4.90 Å². The molecule has 130 valence electrons. The van der Waals surface area contributed by atoms with Crippen molar-refractivity contribution in [3.63, 3.8) is 0 Å². The van der Waals surface area contributed by atoms with E-state index in [1.54, 1.807) is 11.3 Å². The van der Waals surface area contributed by atoms with Crippen molar-refractivity contribution >= 4 is 21.4 Å². The van der Waals surface area contributed by atoms with Crippen LogP contribution >= 0.6 is 11.3 Å². The van der Waals surface area contributed by atoms with Crippen LogP contribution in [-0.4, -0.2) is 48.8 Å². The van der Waals surface area contributed by atoms with E-state index in [4.69, 9.17) is 0 Å². The summed E-state index contributed by atoms with van der Waals surface area (Å²) in [5.41, 5.74) is 0. The Morgan fingerprint density at radius 3 is 2.58 bits per heavy atom. The zero-order valence-corrected chi connectivity index (χ0v) is 15.1. The van der Waals surface area contributed by atoms with Crippen LogP contribution in [0.25, 0.3) is 0 Å². The van der Waals surface area contributed by atoms with Crippen LogP contribution in [0.4, 0.5) is 4.39 Å². The van der Waals surface area contributed by atoms with E-state index in [-0.39, 0.29) is 4.90 Å². The van der Waals surface area contributed by atoms with E-state index < -0.39 is 15.8 Å². The summed E-state index contributed by atoms with van der Waals surface area (Å²) in [7, 11) is -3.57. The number of aromatic nitrogens is 1. The molecule has 0 aliphatic carbocycles. The normalized spacial score (nSPS) is 17.8. The second kappa shape index (κ2) is 7.26. The molecule has 0 N–H and O–H groups in total. The Balaban J connectivity index is 1.67. The number of hydrogen-bond donors (Lipinski definition) is 0. The molecule has 0 atom stereocenters. The van der Waals surface area contributed by atoms with Crippen LogP contribution in [0.1, 0.15) is 16.3 Å². The number of rotatable bonds is 4. The molecule has 1 saturated heterocycles. The average molecular weight is 369 g/mol. The Morgan fingerprint density at radius 2 is 1.92 bits per heavy atom. The standard InChI is InChI=1S/C16H20FN3O2S2/c1-13-11-18-16(23-13)12-19-7-2-8-20(10-9-19)24(21,22)15-5-3-14(17)4-6-15/h3-6,11H,2,7-10,12H2,1H3. The molecule has 1 aliphatic heterocycles. The highest BCUT2D eigenvalue weighted by molar-refractivity contribution is 7.89. The maximum Gasteiger partial charge on any atom is 0.243 e. The molecule has 0 saturated carbocycles. The highest BCUT2D eigenvalue weighted by Crippen LogP contribution is 2.20. The van der Waals surface area contributed by atoms with Crippen molar-refractivity contribution in [3.05, 3.63) is 46.2 Å². The lowest BCUT2D eigenvalue weighted by Gasteiger charge is -2.21. The monoisotopic (exact) mass is 369 g/mol. The number of nitrogens with zero attached hydrogens (tertiary/aromatic N) is 3. The summed E-state index contributed by atoms with van der Waals surface area (Å²) < 4.78 is 39.9. The topological polar surface area (TPSA) is 53.5 Å². The first-order valence-electron chi connectivity index (χ1n) is 7.84. The zero-order valence-electron chi connectivity index (χ0n) is 13.5. The van der Waals surface area contributed by atoms with Crippen molar-refractivity contribution in [2.75, 3.05) is 26.2 Å². The quantitative estimate of drug-likeness (QED) is 0.831. The average Bonchev–Trinajstić information content (AvgIpc) is 2.81. The first kappa shape index (κ1) is 17.5. The Labute approximate surface area is 145 Å². The predicted octanol–water partition coefficient (Wildman–Crippen LogP) is 2.49. The minimum Gasteiger partial charge on any atom is -0.295 e. The Morgan fingerprint density at radius 1 is 1.17 bits per heavy atom. The minimum absolute atomic E-state index is 0.146. The molecule has 1 aliphatic rings. The van der Waals surface area contributed by atoms with Crippen LogP contribution < -0.4 is 0 Å². The fourth-order valence-electron chi connectivity index (χ4n) is 2.77. The fraction of sp³-hybridized carbons (Fsp3) is 0.438. The van der Waals surface area contributed by atoms with Gasteiger partial charge in [0.15, 0.2) is 0 Å². The van der Waals surface area contributed by atoms with Crippen molar-refractivity contribution in [3.8, 4) is 0 Å². The van der Waals surface area contributed by atoms with E-state index in [1.165, 1.54) is 33.4 Å². The van der Waals surface area contributed by atoms with Gasteiger partial charge >= 0.3 is 0 Å². The first-order chi connectivity index (χ1) is 11.4.